The van der Waals surface area contributed by atoms with Crippen LogP contribution in [0.1, 0.15) is 5.56 Å². The van der Waals surface area contributed by atoms with Crippen LogP contribution in [0, 0.1) is 6.08 Å². The largest absolute Gasteiger partial charge is 0.416 e. The van der Waals surface area contributed by atoms with Crippen LogP contribution in [0.2, 0.25) is 0 Å². The molecule has 8 heteroatoms. The molecule has 0 fully saturated rings. The van der Waals surface area contributed by atoms with E-state index in [9.17, 15) is 17.6 Å². The number of nitrogen functional groups attached to an aromatic ring is 1. The van der Waals surface area contributed by atoms with Crippen LogP contribution in [0.3, 0.4) is 0 Å². The standard InChI is InChI=1S/C11H8F4N4/c12-10-18-8(16)5-9(19-10)17-7-3-1-6(2-4-7)11(13,14)15/h1-5H,(H3,16,17,18,19). The van der Waals surface area contributed by atoms with E-state index in [1.54, 1.807) is 0 Å². The Kier molecular flexibility index (Phi) is 3.24. The third-order valence-corrected chi connectivity index (χ3v) is 2.20. The Morgan fingerprint density at radius 1 is 1.05 bits per heavy atom. The quantitative estimate of drug-likeness (QED) is 0.651. The minimum atomic E-state index is -4.40. The van der Waals surface area contributed by atoms with Crippen LogP contribution in [0.5, 0.6) is 0 Å². The molecule has 1 aromatic heterocycles. The summed E-state index contributed by atoms with van der Waals surface area (Å²) < 4.78 is 49.9. The summed E-state index contributed by atoms with van der Waals surface area (Å²) in [4.78, 5) is 6.64. The zero-order chi connectivity index (χ0) is 14.0. The minimum Gasteiger partial charge on any atom is -0.383 e. The van der Waals surface area contributed by atoms with Crippen molar-refractivity contribution in [2.24, 2.45) is 0 Å². The van der Waals surface area contributed by atoms with E-state index in [-0.39, 0.29) is 11.6 Å². The van der Waals surface area contributed by atoms with Crippen molar-refractivity contribution in [3.63, 3.8) is 0 Å². The fourth-order valence-corrected chi connectivity index (χ4v) is 1.39. The average molecular weight is 272 g/mol. The van der Waals surface area contributed by atoms with Crippen molar-refractivity contribution in [2.45, 2.75) is 6.18 Å². The summed E-state index contributed by atoms with van der Waals surface area (Å²) in [5, 5.41) is 2.63. The Morgan fingerprint density at radius 2 is 1.68 bits per heavy atom. The van der Waals surface area contributed by atoms with Gasteiger partial charge in [-0.15, -0.1) is 0 Å². The number of nitrogens with two attached hydrogens (primary N) is 1. The van der Waals surface area contributed by atoms with Gasteiger partial charge in [0.15, 0.2) is 0 Å². The van der Waals surface area contributed by atoms with Crippen molar-refractivity contribution in [3.05, 3.63) is 42.0 Å². The molecule has 0 saturated carbocycles. The third-order valence-electron chi connectivity index (χ3n) is 2.20. The Labute approximate surface area is 105 Å². The van der Waals surface area contributed by atoms with E-state index in [4.69, 9.17) is 5.73 Å². The summed E-state index contributed by atoms with van der Waals surface area (Å²) in [5.74, 6) is -0.0216. The van der Waals surface area contributed by atoms with E-state index >= 15 is 0 Å². The van der Waals surface area contributed by atoms with Gasteiger partial charge in [-0.2, -0.15) is 27.5 Å². The predicted molar refractivity (Wildman–Crippen MR) is 61.1 cm³/mol. The second-order valence-corrected chi connectivity index (χ2v) is 3.65. The first kappa shape index (κ1) is 13.1. The second kappa shape index (κ2) is 4.71. The lowest BCUT2D eigenvalue weighted by molar-refractivity contribution is -0.137. The molecule has 0 amide bonds. The lowest BCUT2D eigenvalue weighted by Gasteiger charge is -2.09. The zero-order valence-corrected chi connectivity index (χ0v) is 9.37. The van der Waals surface area contributed by atoms with Gasteiger partial charge in [-0.25, -0.2) is 0 Å². The molecule has 0 aliphatic rings. The molecule has 2 aromatic rings. The van der Waals surface area contributed by atoms with Gasteiger partial charge < -0.3 is 11.1 Å². The van der Waals surface area contributed by atoms with Gasteiger partial charge in [0.05, 0.1) is 5.56 Å². The number of alkyl halides is 3. The molecule has 0 unspecified atom stereocenters. The van der Waals surface area contributed by atoms with Gasteiger partial charge >= 0.3 is 12.3 Å². The molecule has 0 atom stereocenters. The van der Waals surface area contributed by atoms with Crippen molar-refractivity contribution in [3.8, 4) is 0 Å². The van der Waals surface area contributed by atoms with E-state index in [0.717, 1.165) is 12.1 Å². The number of benzene rings is 1. The van der Waals surface area contributed by atoms with E-state index in [0.29, 0.717) is 5.69 Å². The summed E-state index contributed by atoms with van der Waals surface area (Å²) in [6, 6.07) is 5.49. The van der Waals surface area contributed by atoms with Gasteiger partial charge in [0, 0.05) is 11.8 Å². The number of aromatic nitrogens is 2. The molecule has 3 N–H and O–H groups in total. The van der Waals surface area contributed by atoms with Gasteiger partial charge in [0.2, 0.25) is 0 Å². The van der Waals surface area contributed by atoms with Crippen molar-refractivity contribution in [1.29, 1.82) is 0 Å². The Balaban J connectivity index is 2.20. The summed E-state index contributed by atoms with van der Waals surface area (Å²) in [7, 11) is 0. The van der Waals surface area contributed by atoms with Crippen molar-refractivity contribution in [1.82, 2.24) is 9.97 Å². The zero-order valence-electron chi connectivity index (χ0n) is 9.37. The molecule has 0 saturated heterocycles. The number of nitrogens with one attached hydrogen (secondary N) is 1. The lowest BCUT2D eigenvalue weighted by atomic mass is 10.2. The highest BCUT2D eigenvalue weighted by atomic mass is 19.4. The van der Waals surface area contributed by atoms with Gasteiger partial charge in [-0.1, -0.05) is 0 Å². The number of halogens is 4. The number of rotatable bonds is 2. The molecule has 4 nitrogen and oxygen atoms in total. The highest BCUT2D eigenvalue weighted by Gasteiger charge is 2.29. The maximum absolute atomic E-state index is 12.9. The first-order chi connectivity index (χ1) is 8.84. The maximum atomic E-state index is 12.9. The first-order valence-corrected chi connectivity index (χ1v) is 5.09. The highest BCUT2D eigenvalue weighted by molar-refractivity contribution is 5.58. The molecular weight excluding hydrogens is 264 g/mol. The molecule has 1 aromatic carbocycles. The lowest BCUT2D eigenvalue weighted by Crippen LogP contribution is -2.05. The monoisotopic (exact) mass is 272 g/mol. The van der Waals surface area contributed by atoms with Crippen LogP contribution in [-0.2, 0) is 6.18 Å². The summed E-state index contributed by atoms with van der Waals surface area (Å²) in [5.41, 5.74) is 4.87. The Hall–Kier alpha value is -2.38. The van der Waals surface area contributed by atoms with Crippen LogP contribution < -0.4 is 11.1 Å². The van der Waals surface area contributed by atoms with Gasteiger partial charge in [-0.3, -0.25) is 0 Å². The van der Waals surface area contributed by atoms with Crippen molar-refractivity contribution >= 4 is 17.3 Å². The molecule has 19 heavy (non-hydrogen) atoms. The molecular formula is C11H8F4N4. The summed E-state index contributed by atoms with van der Waals surface area (Å²) in [6.07, 6.45) is -5.42. The molecule has 0 spiro atoms. The second-order valence-electron chi connectivity index (χ2n) is 3.65. The van der Waals surface area contributed by atoms with Crippen LogP contribution in [0.15, 0.2) is 30.3 Å². The number of nitrogens with zero attached hydrogens (tertiary/aromatic N) is 2. The fraction of sp³-hybridized carbons (Fsp3) is 0.0909. The summed E-state index contributed by atoms with van der Waals surface area (Å²) in [6.45, 7) is 0. The number of hydrogen-bond acceptors (Lipinski definition) is 4. The molecule has 0 radical (unpaired) electrons. The molecule has 100 valence electrons. The highest BCUT2D eigenvalue weighted by Crippen LogP contribution is 2.30. The van der Waals surface area contributed by atoms with E-state index in [2.05, 4.69) is 15.3 Å². The van der Waals surface area contributed by atoms with Crippen LogP contribution in [0.4, 0.5) is 34.9 Å². The molecule has 1 heterocycles. The molecule has 0 aliphatic heterocycles. The molecule has 2 rings (SSSR count). The van der Waals surface area contributed by atoms with E-state index in [1.807, 2.05) is 0 Å². The number of anilines is 3. The molecule has 0 bridgehead atoms. The first-order valence-electron chi connectivity index (χ1n) is 5.09. The van der Waals surface area contributed by atoms with Gasteiger partial charge in [0.25, 0.3) is 0 Å². The summed E-state index contributed by atoms with van der Waals surface area (Å²) >= 11 is 0. The third kappa shape index (κ3) is 3.30. The Bertz CT molecular complexity index is 560. The normalized spacial score (nSPS) is 11.4. The fourth-order valence-electron chi connectivity index (χ4n) is 1.39. The topological polar surface area (TPSA) is 63.8 Å². The van der Waals surface area contributed by atoms with Gasteiger partial charge in [-0.05, 0) is 24.3 Å². The van der Waals surface area contributed by atoms with Gasteiger partial charge in [0.1, 0.15) is 11.6 Å². The Morgan fingerprint density at radius 3 is 2.21 bits per heavy atom. The SMILES string of the molecule is Nc1cc(Nc2ccc(C(F)(F)F)cc2)nc(F)n1. The predicted octanol–water partition coefficient (Wildman–Crippen LogP) is 2.96. The van der Waals surface area contributed by atoms with Crippen LogP contribution >= 0.6 is 0 Å². The number of hydrogen-bond donors (Lipinski definition) is 2. The smallest absolute Gasteiger partial charge is 0.383 e. The van der Waals surface area contributed by atoms with Crippen molar-refractivity contribution < 1.29 is 17.6 Å². The minimum absolute atomic E-state index is 0.0600. The maximum Gasteiger partial charge on any atom is 0.416 e. The van der Waals surface area contributed by atoms with Crippen molar-refractivity contribution in [2.75, 3.05) is 11.1 Å². The van der Waals surface area contributed by atoms with E-state index < -0.39 is 17.8 Å². The van der Waals surface area contributed by atoms with E-state index in [1.165, 1.54) is 18.2 Å². The van der Waals surface area contributed by atoms with Crippen LogP contribution in [0.25, 0.3) is 0 Å². The average Bonchev–Trinajstić information content (AvgIpc) is 2.26. The van der Waals surface area contributed by atoms with Crippen LogP contribution in [-0.4, -0.2) is 9.97 Å². The molecule has 0 aliphatic carbocycles.